The van der Waals surface area contributed by atoms with Crippen LogP contribution >= 0.6 is 0 Å². The molecule has 0 aromatic heterocycles. The first kappa shape index (κ1) is 24.4. The lowest BCUT2D eigenvalue weighted by molar-refractivity contribution is -0.202. The van der Waals surface area contributed by atoms with Crippen LogP contribution in [0.1, 0.15) is 48.4 Å². The van der Waals surface area contributed by atoms with E-state index in [1.165, 1.54) is 12.1 Å². The topological polar surface area (TPSA) is 41.5 Å². The molecule has 32 heavy (non-hydrogen) atoms. The molecule has 0 amide bonds. The van der Waals surface area contributed by atoms with E-state index in [4.69, 9.17) is 4.74 Å². The van der Waals surface area contributed by atoms with E-state index in [1.807, 2.05) is 0 Å². The van der Waals surface area contributed by atoms with Gasteiger partial charge in [0.25, 0.3) is 0 Å². The van der Waals surface area contributed by atoms with E-state index in [1.54, 1.807) is 24.3 Å². The van der Waals surface area contributed by atoms with Gasteiger partial charge in [0.15, 0.2) is 6.10 Å². The third-order valence-corrected chi connectivity index (χ3v) is 5.66. The van der Waals surface area contributed by atoms with Crippen LogP contribution in [0, 0.1) is 5.92 Å². The molecule has 2 N–H and O–H groups in total. The Bertz CT molecular complexity index is 877. The first-order chi connectivity index (χ1) is 15.0. The zero-order chi connectivity index (χ0) is 23.4. The van der Waals surface area contributed by atoms with Gasteiger partial charge in [0.05, 0.1) is 5.56 Å². The summed E-state index contributed by atoms with van der Waals surface area (Å²) in [7, 11) is 0. The number of hydrogen-bond donors (Lipinski definition) is 2. The van der Waals surface area contributed by atoms with Crippen molar-refractivity contribution in [3.05, 3.63) is 65.2 Å². The summed E-state index contributed by atoms with van der Waals surface area (Å²) in [4.78, 5) is 0. The van der Waals surface area contributed by atoms with Gasteiger partial charge in [-0.3, -0.25) is 0 Å². The smallest absolute Gasteiger partial charge is 0.416 e. The largest absolute Gasteiger partial charge is 0.489 e. The SMILES string of the molecule is OC(CNC(c1cccc(OCc2cccc(C(F)(F)F)c2)c1)C1CCCC1)C(F)(F)F. The first-order valence-electron chi connectivity index (χ1n) is 10.4. The van der Waals surface area contributed by atoms with Crippen molar-refractivity contribution < 1.29 is 36.2 Å². The van der Waals surface area contributed by atoms with E-state index in [2.05, 4.69) is 5.32 Å². The number of hydrogen-bond acceptors (Lipinski definition) is 3. The number of ether oxygens (including phenoxy) is 1. The van der Waals surface area contributed by atoms with Gasteiger partial charge in [-0.25, -0.2) is 0 Å². The fourth-order valence-electron chi connectivity index (χ4n) is 4.00. The standard InChI is InChI=1S/C23H25F6NO2/c24-22(25,26)18-9-3-5-15(11-18)14-32-19-10-4-8-17(12-19)21(16-6-1-2-7-16)30-13-20(31)23(27,28)29/h3-5,8-12,16,20-21,30-31H,1-2,6-7,13-14H2. The number of rotatable bonds is 8. The molecule has 2 aromatic rings. The highest BCUT2D eigenvalue weighted by Gasteiger charge is 2.39. The van der Waals surface area contributed by atoms with Crippen LogP contribution in [-0.2, 0) is 12.8 Å². The van der Waals surface area contributed by atoms with E-state index in [0.29, 0.717) is 16.9 Å². The molecule has 0 radical (unpaired) electrons. The van der Waals surface area contributed by atoms with Crippen LogP contribution < -0.4 is 10.1 Å². The third-order valence-electron chi connectivity index (χ3n) is 5.66. The van der Waals surface area contributed by atoms with Crippen LogP contribution in [0.2, 0.25) is 0 Å². The fourth-order valence-corrected chi connectivity index (χ4v) is 4.00. The predicted molar refractivity (Wildman–Crippen MR) is 107 cm³/mol. The van der Waals surface area contributed by atoms with Gasteiger partial charge in [-0.1, -0.05) is 37.1 Å². The molecule has 3 rings (SSSR count). The van der Waals surface area contributed by atoms with Crippen molar-refractivity contribution in [2.45, 2.75) is 56.8 Å². The third kappa shape index (κ3) is 6.62. The van der Waals surface area contributed by atoms with Crippen LogP contribution in [0.15, 0.2) is 48.5 Å². The van der Waals surface area contributed by atoms with Crippen LogP contribution in [0.25, 0.3) is 0 Å². The Hall–Kier alpha value is -2.26. The number of benzene rings is 2. The Morgan fingerprint density at radius 3 is 2.31 bits per heavy atom. The molecule has 3 nitrogen and oxygen atoms in total. The second-order valence-corrected chi connectivity index (χ2v) is 8.05. The predicted octanol–water partition coefficient (Wildman–Crippen LogP) is 6.03. The lowest BCUT2D eigenvalue weighted by Crippen LogP contribution is -2.41. The van der Waals surface area contributed by atoms with Gasteiger partial charge in [-0.15, -0.1) is 0 Å². The Morgan fingerprint density at radius 2 is 1.66 bits per heavy atom. The van der Waals surface area contributed by atoms with E-state index < -0.39 is 36.6 Å². The molecule has 1 aliphatic rings. The normalized spacial score (nSPS) is 17.3. The molecule has 0 bridgehead atoms. The van der Waals surface area contributed by atoms with Gasteiger partial charge in [-0.2, -0.15) is 26.3 Å². The molecule has 1 fully saturated rings. The minimum Gasteiger partial charge on any atom is -0.489 e. The maximum Gasteiger partial charge on any atom is 0.416 e. The molecule has 0 spiro atoms. The van der Waals surface area contributed by atoms with Crippen molar-refractivity contribution in [2.24, 2.45) is 5.92 Å². The Balaban J connectivity index is 1.71. The molecule has 176 valence electrons. The summed E-state index contributed by atoms with van der Waals surface area (Å²) in [5.41, 5.74) is 0.304. The minimum atomic E-state index is -4.71. The zero-order valence-electron chi connectivity index (χ0n) is 17.2. The zero-order valence-corrected chi connectivity index (χ0v) is 17.2. The van der Waals surface area contributed by atoms with E-state index in [-0.39, 0.29) is 12.5 Å². The summed E-state index contributed by atoms with van der Waals surface area (Å²) < 4.78 is 82.5. The Kier molecular flexibility index (Phi) is 7.71. The molecule has 2 unspecified atom stereocenters. The maximum absolute atomic E-state index is 12.9. The van der Waals surface area contributed by atoms with Gasteiger partial charge in [-0.05, 0) is 54.2 Å². The summed E-state index contributed by atoms with van der Waals surface area (Å²) in [5, 5.41) is 12.2. The average molecular weight is 461 g/mol. The maximum atomic E-state index is 12.9. The Labute approximate surface area is 182 Å². The van der Waals surface area contributed by atoms with Gasteiger partial charge >= 0.3 is 12.4 Å². The highest BCUT2D eigenvalue weighted by molar-refractivity contribution is 5.32. The van der Waals surface area contributed by atoms with Crippen molar-refractivity contribution >= 4 is 0 Å². The van der Waals surface area contributed by atoms with Crippen molar-refractivity contribution in [2.75, 3.05) is 6.54 Å². The summed E-state index contributed by atoms with van der Waals surface area (Å²) in [5.74, 6) is 0.523. The first-order valence-corrected chi connectivity index (χ1v) is 10.4. The van der Waals surface area contributed by atoms with Crippen LogP contribution in [0.5, 0.6) is 5.75 Å². The summed E-state index contributed by atoms with van der Waals surface area (Å²) in [6.45, 7) is -0.707. The van der Waals surface area contributed by atoms with Gasteiger partial charge in [0.2, 0.25) is 0 Å². The summed E-state index contributed by atoms with van der Waals surface area (Å²) in [6.07, 6.45) is -7.94. The van der Waals surface area contributed by atoms with E-state index in [9.17, 15) is 31.4 Å². The van der Waals surface area contributed by atoms with Crippen LogP contribution in [0.3, 0.4) is 0 Å². The van der Waals surface area contributed by atoms with Crippen molar-refractivity contribution in [1.29, 1.82) is 0 Å². The number of halogens is 6. The van der Waals surface area contributed by atoms with Gasteiger partial charge in [0, 0.05) is 12.6 Å². The molecule has 0 saturated heterocycles. The molecule has 0 aliphatic heterocycles. The molecular formula is C23H25F6NO2. The van der Waals surface area contributed by atoms with Crippen LogP contribution in [0.4, 0.5) is 26.3 Å². The quantitative estimate of drug-likeness (QED) is 0.472. The van der Waals surface area contributed by atoms with Crippen LogP contribution in [-0.4, -0.2) is 23.9 Å². The molecule has 1 aliphatic carbocycles. The van der Waals surface area contributed by atoms with Crippen molar-refractivity contribution in [1.82, 2.24) is 5.32 Å². The Morgan fingerprint density at radius 1 is 0.969 bits per heavy atom. The van der Waals surface area contributed by atoms with Crippen molar-refractivity contribution in [3.8, 4) is 5.75 Å². The van der Waals surface area contributed by atoms with E-state index >= 15 is 0 Å². The van der Waals surface area contributed by atoms with E-state index in [0.717, 1.165) is 37.8 Å². The monoisotopic (exact) mass is 461 g/mol. The lowest BCUT2D eigenvalue weighted by atomic mass is 9.91. The minimum absolute atomic E-state index is 0.0817. The second-order valence-electron chi connectivity index (χ2n) is 8.05. The molecular weight excluding hydrogens is 436 g/mol. The number of aliphatic hydroxyl groups is 1. The van der Waals surface area contributed by atoms with Gasteiger partial charge in [0.1, 0.15) is 12.4 Å². The van der Waals surface area contributed by atoms with Crippen molar-refractivity contribution in [3.63, 3.8) is 0 Å². The number of aliphatic hydroxyl groups excluding tert-OH is 1. The molecule has 0 heterocycles. The van der Waals surface area contributed by atoms with Gasteiger partial charge < -0.3 is 15.2 Å². The average Bonchev–Trinajstić information content (AvgIpc) is 3.26. The summed E-state index contributed by atoms with van der Waals surface area (Å²) in [6, 6.07) is 11.2. The summed E-state index contributed by atoms with van der Waals surface area (Å²) >= 11 is 0. The molecule has 1 saturated carbocycles. The number of nitrogens with one attached hydrogen (secondary N) is 1. The lowest BCUT2D eigenvalue weighted by Gasteiger charge is -2.27. The fraction of sp³-hybridized carbons (Fsp3) is 0.478. The highest BCUT2D eigenvalue weighted by Crippen LogP contribution is 2.37. The molecule has 9 heteroatoms. The highest BCUT2D eigenvalue weighted by atomic mass is 19.4. The number of alkyl halides is 6. The second kappa shape index (κ2) is 10.1. The molecule has 2 aromatic carbocycles. The molecule has 2 atom stereocenters.